The molecule has 0 aliphatic heterocycles. The highest BCUT2D eigenvalue weighted by Gasteiger charge is 2.13. The first-order chi connectivity index (χ1) is 12.6. The summed E-state index contributed by atoms with van der Waals surface area (Å²) in [7, 11) is 0. The molecule has 0 unspecified atom stereocenters. The highest BCUT2D eigenvalue weighted by Crippen LogP contribution is 2.20. The zero-order valence-electron chi connectivity index (χ0n) is 15.4. The molecule has 1 aromatic heterocycles. The average molecular weight is 357 g/mol. The zero-order valence-corrected chi connectivity index (χ0v) is 15.4. The fourth-order valence-corrected chi connectivity index (χ4v) is 3.49. The molecule has 1 heterocycles. The number of hydrogen-bond acceptors (Lipinski definition) is 4. The van der Waals surface area contributed by atoms with Gasteiger partial charge < -0.3 is 10.1 Å². The molecule has 0 atom stereocenters. The van der Waals surface area contributed by atoms with E-state index in [9.17, 15) is 9.59 Å². The normalized spacial score (nSPS) is 15.3. The predicted octanol–water partition coefficient (Wildman–Crippen LogP) is 2.56. The van der Waals surface area contributed by atoms with Crippen molar-refractivity contribution in [3.63, 3.8) is 0 Å². The molecule has 2 aromatic rings. The van der Waals surface area contributed by atoms with Crippen molar-refractivity contribution in [2.24, 2.45) is 0 Å². The minimum Gasteiger partial charge on any atom is -0.378 e. The maximum Gasteiger partial charge on any atom is 0.275 e. The molecule has 1 saturated carbocycles. The minimum absolute atomic E-state index is 0.0615. The number of carbonyl (C=O) groups excluding carboxylic acids is 1. The van der Waals surface area contributed by atoms with Crippen LogP contribution in [0, 0.1) is 6.92 Å². The molecular weight excluding hydrogens is 330 g/mol. The molecular formula is C20H27N3O3. The molecule has 140 valence electrons. The molecule has 0 radical (unpaired) electrons. The number of carbonyl (C=O) groups is 1. The Morgan fingerprint density at radius 2 is 1.96 bits per heavy atom. The molecule has 1 N–H and O–H groups in total. The van der Waals surface area contributed by atoms with Crippen LogP contribution in [0.5, 0.6) is 0 Å². The molecule has 6 nitrogen and oxygen atoms in total. The van der Waals surface area contributed by atoms with Crippen molar-refractivity contribution in [1.82, 2.24) is 15.1 Å². The van der Waals surface area contributed by atoms with E-state index < -0.39 is 0 Å². The first kappa shape index (κ1) is 18.6. The highest BCUT2D eigenvalue weighted by atomic mass is 16.5. The summed E-state index contributed by atoms with van der Waals surface area (Å²) in [6, 6.07) is 7.34. The summed E-state index contributed by atoms with van der Waals surface area (Å²) in [4.78, 5) is 24.6. The summed E-state index contributed by atoms with van der Waals surface area (Å²) in [5, 5.41) is 8.53. The maximum atomic E-state index is 12.5. The van der Waals surface area contributed by atoms with Gasteiger partial charge >= 0.3 is 0 Å². The molecule has 26 heavy (non-hydrogen) atoms. The fraction of sp³-hybridized carbons (Fsp3) is 0.550. The van der Waals surface area contributed by atoms with E-state index in [0.29, 0.717) is 24.6 Å². The largest absolute Gasteiger partial charge is 0.378 e. The lowest BCUT2D eigenvalue weighted by Crippen LogP contribution is -2.35. The van der Waals surface area contributed by atoms with Gasteiger partial charge in [0.25, 0.3) is 5.56 Å². The Hall–Kier alpha value is -2.21. The van der Waals surface area contributed by atoms with Crippen LogP contribution < -0.4 is 10.9 Å². The Labute approximate surface area is 153 Å². The van der Waals surface area contributed by atoms with E-state index in [2.05, 4.69) is 10.4 Å². The van der Waals surface area contributed by atoms with E-state index in [1.165, 1.54) is 23.9 Å². The number of ether oxygens (including phenoxy) is 1. The molecule has 6 heteroatoms. The molecule has 1 aliphatic rings. The number of fused-ring (bicyclic) bond motifs is 1. The van der Waals surface area contributed by atoms with Crippen LogP contribution in [0.4, 0.5) is 0 Å². The van der Waals surface area contributed by atoms with Gasteiger partial charge in [-0.3, -0.25) is 9.59 Å². The number of aryl methyl sites for hydroxylation is 1. The lowest BCUT2D eigenvalue weighted by molar-refractivity contribution is -0.121. The van der Waals surface area contributed by atoms with Crippen molar-refractivity contribution < 1.29 is 9.53 Å². The molecule has 1 aromatic carbocycles. The van der Waals surface area contributed by atoms with Gasteiger partial charge in [-0.1, -0.05) is 37.5 Å². The summed E-state index contributed by atoms with van der Waals surface area (Å²) in [6.07, 6.45) is 7.31. The summed E-state index contributed by atoms with van der Waals surface area (Å²) in [5.41, 5.74) is 0.510. The van der Waals surface area contributed by atoms with Crippen LogP contribution in [-0.4, -0.2) is 34.9 Å². The number of aromatic nitrogens is 2. The third-order valence-corrected chi connectivity index (χ3v) is 4.89. The summed E-state index contributed by atoms with van der Waals surface area (Å²) < 4.78 is 7.09. The molecule has 1 fully saturated rings. The van der Waals surface area contributed by atoms with Crippen LogP contribution in [0.15, 0.2) is 29.1 Å². The van der Waals surface area contributed by atoms with E-state index in [-0.39, 0.29) is 18.0 Å². The fourth-order valence-electron chi connectivity index (χ4n) is 3.49. The molecule has 0 saturated heterocycles. The third kappa shape index (κ3) is 4.69. The Balaban J connectivity index is 1.47. The SMILES string of the molecule is Cc1nn(CC(=O)NCCCOC2CCCCC2)c(=O)c2ccccc12. The molecule has 1 amide bonds. The topological polar surface area (TPSA) is 73.2 Å². The van der Waals surface area contributed by atoms with Crippen molar-refractivity contribution in [3.8, 4) is 0 Å². The Morgan fingerprint density at radius 3 is 2.73 bits per heavy atom. The van der Waals surface area contributed by atoms with Crippen LogP contribution in [0.2, 0.25) is 0 Å². The van der Waals surface area contributed by atoms with Crippen LogP contribution in [0.3, 0.4) is 0 Å². The summed E-state index contributed by atoms with van der Waals surface area (Å²) in [6.45, 7) is 3.00. The number of benzene rings is 1. The monoisotopic (exact) mass is 357 g/mol. The van der Waals surface area contributed by atoms with Gasteiger partial charge in [-0.05, 0) is 32.3 Å². The number of rotatable bonds is 7. The van der Waals surface area contributed by atoms with Crippen molar-refractivity contribution in [3.05, 3.63) is 40.3 Å². The lowest BCUT2D eigenvalue weighted by Gasteiger charge is -2.21. The molecule has 0 bridgehead atoms. The van der Waals surface area contributed by atoms with Crippen molar-refractivity contribution >= 4 is 16.7 Å². The van der Waals surface area contributed by atoms with Crippen molar-refractivity contribution in [2.45, 2.75) is 58.1 Å². The number of hydrogen-bond donors (Lipinski definition) is 1. The molecule has 1 aliphatic carbocycles. The second kappa shape index (κ2) is 8.94. The smallest absolute Gasteiger partial charge is 0.275 e. The maximum absolute atomic E-state index is 12.5. The zero-order chi connectivity index (χ0) is 18.4. The lowest BCUT2D eigenvalue weighted by atomic mass is 9.98. The van der Waals surface area contributed by atoms with E-state index >= 15 is 0 Å². The van der Waals surface area contributed by atoms with E-state index in [4.69, 9.17) is 4.74 Å². The van der Waals surface area contributed by atoms with Gasteiger partial charge in [-0.25, -0.2) is 4.68 Å². The number of amides is 1. The number of nitrogens with one attached hydrogen (secondary N) is 1. The Bertz CT molecular complexity index is 810. The quantitative estimate of drug-likeness (QED) is 0.773. The second-order valence-electron chi connectivity index (χ2n) is 6.93. The third-order valence-electron chi connectivity index (χ3n) is 4.89. The first-order valence-electron chi connectivity index (χ1n) is 9.50. The van der Waals surface area contributed by atoms with E-state index in [0.717, 1.165) is 30.3 Å². The van der Waals surface area contributed by atoms with Crippen LogP contribution in [0.1, 0.15) is 44.2 Å². The van der Waals surface area contributed by atoms with Crippen molar-refractivity contribution in [1.29, 1.82) is 0 Å². The van der Waals surface area contributed by atoms with Gasteiger partial charge in [0.1, 0.15) is 6.54 Å². The van der Waals surface area contributed by atoms with Crippen LogP contribution >= 0.6 is 0 Å². The van der Waals surface area contributed by atoms with Gasteiger partial charge in [0, 0.05) is 18.5 Å². The predicted molar refractivity (Wildman–Crippen MR) is 101 cm³/mol. The van der Waals surface area contributed by atoms with Gasteiger partial charge in [0.05, 0.1) is 17.2 Å². The Morgan fingerprint density at radius 1 is 1.23 bits per heavy atom. The minimum atomic E-state index is -0.234. The van der Waals surface area contributed by atoms with E-state index in [1.807, 2.05) is 25.1 Å². The average Bonchev–Trinajstić information content (AvgIpc) is 2.66. The summed E-state index contributed by atoms with van der Waals surface area (Å²) >= 11 is 0. The summed E-state index contributed by atoms with van der Waals surface area (Å²) in [5.74, 6) is -0.202. The second-order valence-corrected chi connectivity index (χ2v) is 6.93. The van der Waals surface area contributed by atoms with Gasteiger partial charge in [-0.15, -0.1) is 0 Å². The number of nitrogens with zero attached hydrogens (tertiary/aromatic N) is 2. The van der Waals surface area contributed by atoms with Gasteiger partial charge in [0.2, 0.25) is 5.91 Å². The molecule has 0 spiro atoms. The van der Waals surface area contributed by atoms with Gasteiger partial charge in [0.15, 0.2) is 0 Å². The standard InChI is InChI=1S/C20H27N3O3/c1-15-17-10-5-6-11-18(17)20(25)23(22-15)14-19(24)21-12-7-13-26-16-8-3-2-4-9-16/h5-6,10-11,16H,2-4,7-9,12-14H2,1H3,(H,21,24). The van der Waals surface area contributed by atoms with Crippen LogP contribution in [-0.2, 0) is 16.1 Å². The van der Waals surface area contributed by atoms with Crippen LogP contribution in [0.25, 0.3) is 10.8 Å². The highest BCUT2D eigenvalue weighted by molar-refractivity contribution is 5.83. The first-order valence-corrected chi connectivity index (χ1v) is 9.50. The van der Waals surface area contributed by atoms with E-state index in [1.54, 1.807) is 6.07 Å². The molecule has 3 rings (SSSR count). The Kier molecular flexibility index (Phi) is 6.39. The van der Waals surface area contributed by atoms with Gasteiger partial charge in [-0.2, -0.15) is 5.10 Å². The van der Waals surface area contributed by atoms with Crippen molar-refractivity contribution in [2.75, 3.05) is 13.2 Å².